The summed E-state index contributed by atoms with van der Waals surface area (Å²) in [5.74, 6) is -0.595. The van der Waals surface area contributed by atoms with Crippen molar-refractivity contribution in [1.82, 2.24) is 4.90 Å². The number of carbonyl (C=O) groups excluding carboxylic acids is 3. The molecule has 2 amide bonds. The van der Waals surface area contributed by atoms with E-state index in [-0.39, 0.29) is 10.8 Å². The molecule has 0 aromatic heterocycles. The molecular weight excluding hydrogens is 354 g/mol. The smallest absolute Gasteiger partial charge is 0.330 e. The average molecular weight is 373 g/mol. The minimum Gasteiger partial charge on any atom is -0.451 e. The number of hydrogen-bond acceptors (Lipinski definition) is 6. The molecule has 1 N–H and O–H groups in total. The van der Waals surface area contributed by atoms with Gasteiger partial charge in [0.15, 0.2) is 6.10 Å². The maximum atomic E-state index is 12.5. The number of nitriles is 1. The van der Waals surface area contributed by atoms with Crippen molar-refractivity contribution < 1.29 is 19.1 Å². The lowest BCUT2D eigenvalue weighted by molar-refractivity contribution is -0.160. The molecule has 0 aliphatic carbocycles. The van der Waals surface area contributed by atoms with Crippen molar-refractivity contribution >= 4 is 35.2 Å². The molecule has 136 valence electrons. The molecule has 0 saturated carbocycles. The third-order valence-corrected chi connectivity index (χ3v) is 6.17. The van der Waals surface area contributed by atoms with Gasteiger partial charge < -0.3 is 15.0 Å². The lowest BCUT2D eigenvalue weighted by Gasteiger charge is -2.29. The van der Waals surface area contributed by atoms with Crippen LogP contribution in [0.2, 0.25) is 0 Å². The van der Waals surface area contributed by atoms with Crippen LogP contribution in [0.25, 0.3) is 0 Å². The van der Waals surface area contributed by atoms with Crippen molar-refractivity contribution in [2.45, 2.75) is 43.7 Å². The van der Waals surface area contributed by atoms with Gasteiger partial charge in [0, 0.05) is 17.9 Å². The summed E-state index contributed by atoms with van der Waals surface area (Å²) in [6, 6.07) is 7.73. The van der Waals surface area contributed by atoms with Gasteiger partial charge in [-0.2, -0.15) is 5.26 Å². The number of carbonyl (C=O) groups is 3. The lowest BCUT2D eigenvalue weighted by atomic mass is 10.2. The molecule has 1 aromatic rings. The van der Waals surface area contributed by atoms with E-state index in [0.717, 1.165) is 6.42 Å². The first-order valence-corrected chi connectivity index (χ1v) is 9.30. The number of esters is 1. The highest BCUT2D eigenvalue weighted by atomic mass is 32.2. The first-order chi connectivity index (χ1) is 12.3. The van der Waals surface area contributed by atoms with E-state index < -0.39 is 24.0 Å². The predicted octanol–water partition coefficient (Wildman–Crippen LogP) is 1.88. The summed E-state index contributed by atoms with van der Waals surface area (Å²) in [5, 5.41) is 11.4. The summed E-state index contributed by atoms with van der Waals surface area (Å²) in [7, 11) is 0. The predicted molar refractivity (Wildman–Crippen MR) is 96.1 cm³/mol. The summed E-state index contributed by atoms with van der Waals surface area (Å²) < 4.78 is 5.30. The van der Waals surface area contributed by atoms with Gasteiger partial charge in [-0.3, -0.25) is 9.59 Å². The Morgan fingerprint density at radius 1 is 1.42 bits per heavy atom. The maximum absolute atomic E-state index is 12.5. The molecule has 1 aromatic carbocycles. The standard InChI is InChI=1S/C18H19N3O4S/c1-11(16(23)20-13-5-3-12(9-19)4-6-13)25-17(24)14-10-26-18(2)8-7-15(22)21(14)18/h3-6,11,14H,7-8,10H2,1-2H3,(H,20,23). The third kappa shape index (κ3) is 3.40. The van der Waals surface area contributed by atoms with E-state index in [0.29, 0.717) is 23.4 Å². The molecule has 3 rings (SSSR count). The second kappa shape index (κ2) is 7.00. The number of amides is 2. The molecule has 26 heavy (non-hydrogen) atoms. The minimum absolute atomic E-state index is 0.0471. The largest absolute Gasteiger partial charge is 0.451 e. The number of fused-ring (bicyclic) bond motifs is 1. The normalized spacial score (nSPS) is 25.3. The molecule has 2 saturated heterocycles. The van der Waals surface area contributed by atoms with Crippen molar-refractivity contribution in [3.8, 4) is 6.07 Å². The van der Waals surface area contributed by atoms with Gasteiger partial charge in [0.05, 0.1) is 16.5 Å². The molecule has 3 atom stereocenters. The monoisotopic (exact) mass is 373 g/mol. The third-order valence-electron chi connectivity index (χ3n) is 4.66. The highest BCUT2D eigenvalue weighted by molar-refractivity contribution is 8.01. The quantitative estimate of drug-likeness (QED) is 0.809. The van der Waals surface area contributed by atoms with Gasteiger partial charge in [0.1, 0.15) is 6.04 Å². The van der Waals surface area contributed by atoms with Crippen LogP contribution in [-0.4, -0.2) is 45.5 Å². The number of ether oxygens (including phenoxy) is 1. The van der Waals surface area contributed by atoms with Gasteiger partial charge in [0.2, 0.25) is 5.91 Å². The summed E-state index contributed by atoms with van der Waals surface area (Å²) in [6.45, 7) is 3.45. The Morgan fingerprint density at radius 2 is 2.12 bits per heavy atom. The van der Waals surface area contributed by atoms with Crippen LogP contribution in [0, 0.1) is 11.3 Å². The molecule has 0 spiro atoms. The van der Waals surface area contributed by atoms with E-state index in [1.54, 1.807) is 40.9 Å². The molecule has 8 heteroatoms. The molecule has 0 radical (unpaired) electrons. The van der Waals surface area contributed by atoms with E-state index >= 15 is 0 Å². The van der Waals surface area contributed by atoms with E-state index in [4.69, 9.17) is 10.00 Å². The number of hydrogen-bond donors (Lipinski definition) is 1. The second-order valence-corrected chi connectivity index (χ2v) is 8.02. The van der Waals surface area contributed by atoms with Crippen molar-refractivity contribution in [3.05, 3.63) is 29.8 Å². The number of thioether (sulfide) groups is 1. The number of nitrogens with zero attached hydrogens (tertiary/aromatic N) is 2. The Kier molecular flexibility index (Phi) is 4.92. The zero-order valence-corrected chi connectivity index (χ0v) is 15.3. The average Bonchev–Trinajstić information content (AvgIpc) is 3.11. The zero-order valence-electron chi connectivity index (χ0n) is 14.5. The summed E-state index contributed by atoms with van der Waals surface area (Å²) in [5.41, 5.74) is 0.996. The number of anilines is 1. The number of benzene rings is 1. The van der Waals surface area contributed by atoms with Crippen LogP contribution in [0.3, 0.4) is 0 Å². The first kappa shape index (κ1) is 18.3. The summed E-state index contributed by atoms with van der Waals surface area (Å²) in [4.78, 5) is 38.1. The van der Waals surface area contributed by atoms with Gasteiger partial charge in [-0.15, -0.1) is 11.8 Å². The fourth-order valence-electron chi connectivity index (χ4n) is 3.17. The minimum atomic E-state index is -0.993. The van der Waals surface area contributed by atoms with Crippen LogP contribution >= 0.6 is 11.8 Å². The van der Waals surface area contributed by atoms with Crippen LogP contribution in [0.15, 0.2) is 24.3 Å². The number of nitrogens with one attached hydrogen (secondary N) is 1. The highest BCUT2D eigenvalue weighted by Crippen LogP contribution is 2.47. The van der Waals surface area contributed by atoms with E-state index in [1.165, 1.54) is 6.92 Å². The van der Waals surface area contributed by atoms with Crippen LogP contribution in [0.1, 0.15) is 32.3 Å². The van der Waals surface area contributed by atoms with E-state index in [1.807, 2.05) is 13.0 Å². The second-order valence-electron chi connectivity index (χ2n) is 6.52. The SMILES string of the molecule is CC(OC(=O)C1CSC2(C)CCC(=O)N12)C(=O)Nc1ccc(C#N)cc1. The topological polar surface area (TPSA) is 99.5 Å². The molecule has 2 aliphatic rings. The molecule has 0 bridgehead atoms. The lowest BCUT2D eigenvalue weighted by Crippen LogP contribution is -2.48. The maximum Gasteiger partial charge on any atom is 0.330 e. The Bertz CT molecular complexity index is 789. The van der Waals surface area contributed by atoms with Gasteiger partial charge in [-0.1, -0.05) is 0 Å². The van der Waals surface area contributed by atoms with Gasteiger partial charge in [-0.25, -0.2) is 4.79 Å². The number of rotatable bonds is 4. The molecular formula is C18H19N3O4S. The molecule has 2 heterocycles. The highest BCUT2D eigenvalue weighted by Gasteiger charge is 2.53. The fraction of sp³-hybridized carbons (Fsp3) is 0.444. The fourth-order valence-corrected chi connectivity index (χ4v) is 4.59. The Morgan fingerprint density at radius 3 is 2.77 bits per heavy atom. The first-order valence-electron chi connectivity index (χ1n) is 8.32. The van der Waals surface area contributed by atoms with Gasteiger partial charge in [0.25, 0.3) is 5.91 Å². The van der Waals surface area contributed by atoms with E-state index in [9.17, 15) is 14.4 Å². The van der Waals surface area contributed by atoms with Crippen LogP contribution in [-0.2, 0) is 19.1 Å². The Balaban J connectivity index is 1.59. The van der Waals surface area contributed by atoms with Crippen molar-refractivity contribution in [2.75, 3.05) is 11.1 Å². The summed E-state index contributed by atoms with van der Waals surface area (Å²) in [6.07, 6.45) is 0.157. The van der Waals surface area contributed by atoms with Crippen molar-refractivity contribution in [1.29, 1.82) is 5.26 Å². The van der Waals surface area contributed by atoms with Gasteiger partial charge in [-0.05, 0) is 44.5 Å². The van der Waals surface area contributed by atoms with Crippen LogP contribution in [0.4, 0.5) is 5.69 Å². The molecule has 3 unspecified atom stereocenters. The zero-order chi connectivity index (χ0) is 18.9. The van der Waals surface area contributed by atoms with Crippen LogP contribution < -0.4 is 5.32 Å². The molecule has 7 nitrogen and oxygen atoms in total. The van der Waals surface area contributed by atoms with E-state index in [2.05, 4.69) is 5.32 Å². The van der Waals surface area contributed by atoms with Gasteiger partial charge >= 0.3 is 5.97 Å². The Labute approximate surface area is 155 Å². The van der Waals surface area contributed by atoms with Crippen molar-refractivity contribution in [2.24, 2.45) is 0 Å². The van der Waals surface area contributed by atoms with Crippen LogP contribution in [0.5, 0.6) is 0 Å². The molecule has 2 aliphatic heterocycles. The Hall–Kier alpha value is -2.53. The molecule has 2 fully saturated rings. The summed E-state index contributed by atoms with van der Waals surface area (Å²) >= 11 is 1.57. The van der Waals surface area contributed by atoms with Crippen molar-refractivity contribution in [3.63, 3.8) is 0 Å².